The minimum atomic E-state index is -0.0770. The second-order valence-corrected chi connectivity index (χ2v) is 5.67. The Morgan fingerprint density at radius 1 is 1.27 bits per heavy atom. The molecule has 0 saturated heterocycles. The molecule has 1 fully saturated rings. The zero-order valence-electron chi connectivity index (χ0n) is 12.7. The van der Waals surface area contributed by atoms with Crippen LogP contribution in [0.4, 0.5) is 5.69 Å². The average Bonchev–Trinajstić information content (AvgIpc) is 3.37. The van der Waals surface area contributed by atoms with Gasteiger partial charge in [-0.05, 0) is 49.1 Å². The molecule has 3 rings (SSSR count). The van der Waals surface area contributed by atoms with Crippen molar-refractivity contribution in [2.45, 2.75) is 25.3 Å². The summed E-state index contributed by atoms with van der Waals surface area (Å²) in [5.41, 5.74) is 2.74. The van der Waals surface area contributed by atoms with E-state index in [0.29, 0.717) is 11.7 Å². The number of amides is 1. The molecule has 0 bridgehead atoms. The first-order chi connectivity index (χ1) is 10.7. The molecule has 0 aromatic carbocycles. The summed E-state index contributed by atoms with van der Waals surface area (Å²) in [5.74, 6) is -0.0770. The van der Waals surface area contributed by atoms with Crippen molar-refractivity contribution < 1.29 is 4.79 Å². The van der Waals surface area contributed by atoms with Crippen LogP contribution in [0.3, 0.4) is 0 Å². The van der Waals surface area contributed by atoms with Crippen molar-refractivity contribution >= 4 is 11.6 Å². The van der Waals surface area contributed by atoms with Gasteiger partial charge >= 0.3 is 0 Å². The predicted molar refractivity (Wildman–Crippen MR) is 85.9 cm³/mol. The largest absolute Gasteiger partial charge is 0.374 e. The van der Waals surface area contributed by atoms with Crippen LogP contribution in [0, 0.1) is 0 Å². The van der Waals surface area contributed by atoms with Crippen molar-refractivity contribution in [3.63, 3.8) is 0 Å². The van der Waals surface area contributed by atoms with E-state index in [1.54, 1.807) is 6.20 Å². The topological polar surface area (TPSA) is 58.1 Å². The van der Waals surface area contributed by atoms with E-state index >= 15 is 0 Å². The number of aromatic nitrogens is 2. The summed E-state index contributed by atoms with van der Waals surface area (Å²) in [4.78, 5) is 22.4. The number of nitrogens with zero attached hydrogens (tertiary/aromatic N) is 3. The highest BCUT2D eigenvalue weighted by atomic mass is 16.2. The maximum Gasteiger partial charge on any atom is 0.270 e. The number of anilines is 1. The third kappa shape index (κ3) is 3.81. The number of nitrogens with one attached hydrogen (secondary N) is 1. The lowest BCUT2D eigenvalue weighted by atomic mass is 10.2. The lowest BCUT2D eigenvalue weighted by Crippen LogP contribution is -2.27. The molecule has 1 aliphatic carbocycles. The van der Waals surface area contributed by atoms with Gasteiger partial charge in [0.1, 0.15) is 5.69 Å². The zero-order chi connectivity index (χ0) is 15.4. The second kappa shape index (κ2) is 6.56. The van der Waals surface area contributed by atoms with Crippen molar-refractivity contribution in [2.75, 3.05) is 18.5 Å². The molecule has 1 aliphatic rings. The Balaban J connectivity index is 1.61. The monoisotopic (exact) mass is 296 g/mol. The summed E-state index contributed by atoms with van der Waals surface area (Å²) >= 11 is 0. The van der Waals surface area contributed by atoms with Crippen LogP contribution in [0.2, 0.25) is 0 Å². The average molecular weight is 296 g/mol. The number of carbonyl (C=O) groups excluding carboxylic acids is 1. The number of rotatable bonds is 6. The Morgan fingerprint density at radius 3 is 2.77 bits per heavy atom. The van der Waals surface area contributed by atoms with Crippen molar-refractivity contribution in [2.24, 2.45) is 0 Å². The fraction of sp³-hybridized carbons (Fsp3) is 0.353. The molecule has 22 heavy (non-hydrogen) atoms. The highest BCUT2D eigenvalue weighted by Gasteiger charge is 2.24. The van der Waals surface area contributed by atoms with E-state index in [1.165, 1.54) is 5.56 Å². The normalized spacial score (nSPS) is 13.7. The lowest BCUT2D eigenvalue weighted by molar-refractivity contribution is 0.0946. The number of hydrogen-bond donors (Lipinski definition) is 1. The maximum atomic E-state index is 12.1. The van der Waals surface area contributed by atoms with Gasteiger partial charge in [-0.2, -0.15) is 0 Å². The van der Waals surface area contributed by atoms with Gasteiger partial charge in [0.15, 0.2) is 0 Å². The SMILES string of the molecule is CN(CCc1ccncc1)c1ccnc(C(=O)NC2CC2)c1. The summed E-state index contributed by atoms with van der Waals surface area (Å²) in [7, 11) is 2.03. The fourth-order valence-corrected chi connectivity index (χ4v) is 2.24. The molecule has 114 valence electrons. The molecule has 5 heteroatoms. The smallest absolute Gasteiger partial charge is 0.270 e. The second-order valence-electron chi connectivity index (χ2n) is 5.67. The number of carbonyl (C=O) groups is 1. The Hall–Kier alpha value is -2.43. The van der Waals surface area contributed by atoms with Crippen LogP contribution in [-0.4, -0.2) is 35.5 Å². The summed E-state index contributed by atoms with van der Waals surface area (Å²) in [6.45, 7) is 0.873. The highest BCUT2D eigenvalue weighted by molar-refractivity contribution is 5.93. The van der Waals surface area contributed by atoms with Crippen molar-refractivity contribution in [3.05, 3.63) is 54.1 Å². The zero-order valence-corrected chi connectivity index (χ0v) is 12.7. The molecule has 2 aromatic heterocycles. The summed E-state index contributed by atoms with van der Waals surface area (Å²) < 4.78 is 0. The number of likely N-dealkylation sites (N-methyl/N-ethyl adjacent to an activating group) is 1. The van der Waals surface area contributed by atoms with Gasteiger partial charge in [-0.1, -0.05) is 0 Å². The minimum Gasteiger partial charge on any atom is -0.374 e. The first kappa shape index (κ1) is 14.5. The molecule has 2 aromatic rings. The van der Waals surface area contributed by atoms with Crippen LogP contribution in [0.1, 0.15) is 28.9 Å². The van der Waals surface area contributed by atoms with Crippen LogP contribution in [-0.2, 0) is 6.42 Å². The Kier molecular flexibility index (Phi) is 4.32. The van der Waals surface area contributed by atoms with Gasteiger partial charge in [-0.15, -0.1) is 0 Å². The highest BCUT2D eigenvalue weighted by Crippen LogP contribution is 2.20. The van der Waals surface area contributed by atoms with Crippen molar-refractivity contribution in [1.82, 2.24) is 15.3 Å². The molecule has 1 saturated carbocycles. The molecule has 1 N–H and O–H groups in total. The van der Waals surface area contributed by atoms with Crippen LogP contribution in [0.5, 0.6) is 0 Å². The Bertz CT molecular complexity index is 640. The molecule has 0 spiro atoms. The quantitative estimate of drug-likeness (QED) is 0.886. The van der Waals surface area contributed by atoms with Gasteiger partial charge < -0.3 is 10.2 Å². The number of pyridine rings is 2. The third-order valence-electron chi connectivity index (χ3n) is 3.81. The molecule has 1 amide bonds. The molecule has 0 unspecified atom stereocenters. The Labute approximate surface area is 130 Å². The predicted octanol–water partition coefficient (Wildman–Crippen LogP) is 2.05. The van der Waals surface area contributed by atoms with Crippen LogP contribution >= 0.6 is 0 Å². The molecule has 0 radical (unpaired) electrons. The summed E-state index contributed by atoms with van der Waals surface area (Å²) in [5, 5.41) is 2.97. The van der Waals surface area contributed by atoms with Gasteiger partial charge in [-0.25, -0.2) is 0 Å². The molecular weight excluding hydrogens is 276 g/mol. The van der Waals surface area contributed by atoms with E-state index in [9.17, 15) is 4.79 Å². The van der Waals surface area contributed by atoms with Crippen LogP contribution in [0.15, 0.2) is 42.9 Å². The molecule has 5 nitrogen and oxygen atoms in total. The van der Waals surface area contributed by atoms with Gasteiger partial charge in [-0.3, -0.25) is 14.8 Å². The van der Waals surface area contributed by atoms with E-state index in [1.807, 2.05) is 43.7 Å². The first-order valence-corrected chi connectivity index (χ1v) is 7.59. The lowest BCUT2D eigenvalue weighted by Gasteiger charge is -2.19. The molecular formula is C17H20N4O. The maximum absolute atomic E-state index is 12.1. The standard InChI is InChI=1S/C17H20N4O/c1-21(11-7-13-4-8-18-9-5-13)15-6-10-19-16(12-15)17(22)20-14-2-3-14/h4-6,8-10,12,14H,2-3,7,11H2,1H3,(H,20,22). The van der Waals surface area contributed by atoms with E-state index in [0.717, 1.165) is 31.5 Å². The van der Waals surface area contributed by atoms with E-state index < -0.39 is 0 Å². The van der Waals surface area contributed by atoms with Crippen molar-refractivity contribution in [3.8, 4) is 0 Å². The minimum absolute atomic E-state index is 0.0770. The summed E-state index contributed by atoms with van der Waals surface area (Å²) in [6, 6.07) is 8.18. The molecule has 0 aliphatic heterocycles. The molecule has 0 atom stereocenters. The third-order valence-corrected chi connectivity index (χ3v) is 3.81. The fourth-order valence-electron chi connectivity index (χ4n) is 2.24. The number of hydrogen-bond acceptors (Lipinski definition) is 4. The van der Waals surface area contributed by atoms with Crippen LogP contribution < -0.4 is 10.2 Å². The van der Waals surface area contributed by atoms with E-state index in [4.69, 9.17) is 0 Å². The van der Waals surface area contributed by atoms with E-state index in [2.05, 4.69) is 20.2 Å². The van der Waals surface area contributed by atoms with Crippen molar-refractivity contribution in [1.29, 1.82) is 0 Å². The molecule has 2 heterocycles. The first-order valence-electron chi connectivity index (χ1n) is 7.59. The Morgan fingerprint density at radius 2 is 2.05 bits per heavy atom. The van der Waals surface area contributed by atoms with Gasteiger partial charge in [0.05, 0.1) is 0 Å². The van der Waals surface area contributed by atoms with E-state index in [-0.39, 0.29) is 5.91 Å². The van der Waals surface area contributed by atoms with Crippen LogP contribution in [0.25, 0.3) is 0 Å². The summed E-state index contributed by atoms with van der Waals surface area (Å²) in [6.07, 6.45) is 8.41. The van der Waals surface area contributed by atoms with Gasteiger partial charge in [0, 0.05) is 43.9 Å². The van der Waals surface area contributed by atoms with Gasteiger partial charge in [0.2, 0.25) is 0 Å². The van der Waals surface area contributed by atoms with Gasteiger partial charge in [0.25, 0.3) is 5.91 Å².